The minimum atomic E-state index is -0.418. The van der Waals surface area contributed by atoms with Crippen molar-refractivity contribution in [3.63, 3.8) is 0 Å². The van der Waals surface area contributed by atoms with E-state index in [0.29, 0.717) is 6.42 Å². The number of aromatic nitrogens is 4. The van der Waals surface area contributed by atoms with E-state index in [2.05, 4.69) is 34.2 Å². The molecular weight excluding hydrogens is 596 g/mol. The maximum atomic E-state index is 13.2. The number of H-pyrrole nitrogens is 2. The molecular formula is C40H37N6O2. The van der Waals surface area contributed by atoms with Gasteiger partial charge in [0, 0.05) is 24.8 Å². The Morgan fingerprint density at radius 1 is 0.875 bits per heavy atom. The first-order valence-electron chi connectivity index (χ1n) is 16.7. The van der Waals surface area contributed by atoms with Crippen molar-refractivity contribution >= 4 is 5.91 Å². The van der Waals surface area contributed by atoms with Crippen LogP contribution in [0.25, 0.3) is 22.5 Å². The number of benzene rings is 4. The summed E-state index contributed by atoms with van der Waals surface area (Å²) in [6.07, 6.45) is 8.08. The standard InChI is InChI=1S/C40H37N6O2/c47-37(24-28-10-3-1-4-11-28)46-23-8-16-36(46)38-41-26-35(44-38)30-12-7-15-33(25-30)48-32-19-17-29(18-20-32)34-27-42-39(45-34)40(21-9-22-43-40)31-13-5-2-6-14-31/h1-7,10-15,17-20,25-27,36H,8-9,16,21-24H2,(H,41,44)(H,42,45)/t36-,40-/m0/s1. The molecule has 2 saturated heterocycles. The lowest BCUT2D eigenvalue weighted by atomic mass is 9.87. The number of imidazole rings is 2. The lowest BCUT2D eigenvalue weighted by Gasteiger charge is -2.26. The second kappa shape index (κ2) is 13.0. The number of nitrogens with one attached hydrogen (secondary N) is 2. The lowest BCUT2D eigenvalue weighted by molar-refractivity contribution is -0.131. The van der Waals surface area contributed by atoms with E-state index in [-0.39, 0.29) is 11.9 Å². The summed E-state index contributed by atoms with van der Waals surface area (Å²) in [7, 11) is 0. The van der Waals surface area contributed by atoms with Crippen LogP contribution in [-0.2, 0) is 16.8 Å². The molecule has 1 radical (unpaired) electrons. The van der Waals surface area contributed by atoms with Crippen molar-refractivity contribution in [1.29, 1.82) is 0 Å². The van der Waals surface area contributed by atoms with Crippen LogP contribution in [0, 0.1) is 0 Å². The van der Waals surface area contributed by atoms with E-state index < -0.39 is 5.54 Å². The summed E-state index contributed by atoms with van der Waals surface area (Å²) in [5, 5.41) is 5.01. The summed E-state index contributed by atoms with van der Waals surface area (Å²) in [5.41, 5.74) is 5.54. The van der Waals surface area contributed by atoms with Gasteiger partial charge in [0.2, 0.25) is 5.91 Å². The molecule has 239 valence electrons. The molecule has 8 rings (SSSR count). The van der Waals surface area contributed by atoms with Gasteiger partial charge in [-0.25, -0.2) is 15.3 Å². The van der Waals surface area contributed by atoms with Gasteiger partial charge >= 0.3 is 0 Å². The van der Waals surface area contributed by atoms with E-state index in [1.807, 2.05) is 102 Å². The van der Waals surface area contributed by atoms with Crippen molar-refractivity contribution in [2.24, 2.45) is 0 Å². The Labute approximate surface area is 280 Å². The third-order valence-corrected chi connectivity index (χ3v) is 9.51. The summed E-state index contributed by atoms with van der Waals surface area (Å²) in [6.45, 7) is 1.59. The topological polar surface area (TPSA) is 101 Å². The lowest BCUT2D eigenvalue weighted by Crippen LogP contribution is -2.34. The smallest absolute Gasteiger partial charge is 0.227 e. The van der Waals surface area contributed by atoms with Crippen LogP contribution < -0.4 is 10.1 Å². The second-order valence-corrected chi connectivity index (χ2v) is 12.6. The van der Waals surface area contributed by atoms with Crippen LogP contribution in [-0.4, -0.2) is 43.8 Å². The van der Waals surface area contributed by atoms with Crippen LogP contribution in [0.15, 0.2) is 122 Å². The number of likely N-dealkylation sites (tertiary alicyclic amines) is 1. The fraction of sp³-hybridized carbons (Fsp3) is 0.225. The van der Waals surface area contributed by atoms with Gasteiger partial charge in [-0.15, -0.1) is 0 Å². The van der Waals surface area contributed by atoms with Crippen LogP contribution in [0.5, 0.6) is 11.5 Å². The first-order chi connectivity index (χ1) is 23.6. The zero-order valence-corrected chi connectivity index (χ0v) is 26.7. The number of ether oxygens (including phenoxy) is 1. The molecule has 4 heterocycles. The maximum Gasteiger partial charge on any atom is 0.227 e. The van der Waals surface area contributed by atoms with E-state index in [4.69, 9.17) is 20.0 Å². The summed E-state index contributed by atoms with van der Waals surface area (Å²) in [5.74, 6) is 3.31. The first kappa shape index (κ1) is 29.9. The summed E-state index contributed by atoms with van der Waals surface area (Å²) >= 11 is 0. The molecule has 48 heavy (non-hydrogen) atoms. The van der Waals surface area contributed by atoms with Crippen LogP contribution in [0.1, 0.15) is 54.5 Å². The van der Waals surface area contributed by atoms with E-state index >= 15 is 0 Å². The molecule has 2 aromatic heterocycles. The largest absolute Gasteiger partial charge is 0.457 e. The number of aromatic amines is 2. The number of hydrogen-bond acceptors (Lipinski definition) is 4. The van der Waals surface area contributed by atoms with Gasteiger partial charge in [-0.1, -0.05) is 72.8 Å². The monoisotopic (exact) mass is 633 g/mol. The van der Waals surface area contributed by atoms with E-state index in [1.165, 1.54) is 5.56 Å². The number of hydrogen-bond donors (Lipinski definition) is 2. The number of carbonyl (C=O) groups is 1. The molecule has 8 heteroatoms. The van der Waals surface area contributed by atoms with Crippen molar-refractivity contribution in [1.82, 2.24) is 30.2 Å². The molecule has 8 nitrogen and oxygen atoms in total. The van der Waals surface area contributed by atoms with Crippen LogP contribution in [0.3, 0.4) is 0 Å². The van der Waals surface area contributed by atoms with Gasteiger partial charge in [-0.3, -0.25) is 4.79 Å². The zero-order chi connectivity index (χ0) is 32.3. The Kier molecular flexibility index (Phi) is 8.08. The van der Waals surface area contributed by atoms with E-state index in [9.17, 15) is 4.79 Å². The van der Waals surface area contributed by atoms with Crippen molar-refractivity contribution in [2.75, 3.05) is 13.1 Å². The highest BCUT2D eigenvalue weighted by Crippen LogP contribution is 2.38. The van der Waals surface area contributed by atoms with Gasteiger partial charge in [0.1, 0.15) is 28.7 Å². The molecule has 2 aliphatic heterocycles. The minimum absolute atomic E-state index is 0.0460. The predicted octanol–water partition coefficient (Wildman–Crippen LogP) is 7.81. The quantitative estimate of drug-likeness (QED) is 0.170. The number of rotatable bonds is 9. The molecule has 0 spiro atoms. The Balaban J connectivity index is 0.946. The normalized spacial score (nSPS) is 19.1. The molecule has 2 N–H and O–H groups in total. The van der Waals surface area contributed by atoms with Gasteiger partial charge in [0.15, 0.2) is 0 Å². The van der Waals surface area contributed by atoms with Gasteiger partial charge in [0.25, 0.3) is 0 Å². The highest BCUT2D eigenvalue weighted by molar-refractivity contribution is 5.79. The second-order valence-electron chi connectivity index (χ2n) is 12.6. The minimum Gasteiger partial charge on any atom is -0.457 e. The van der Waals surface area contributed by atoms with Gasteiger partial charge in [0.05, 0.1) is 30.0 Å². The zero-order valence-electron chi connectivity index (χ0n) is 26.7. The Hall–Kier alpha value is -5.47. The highest BCUT2D eigenvalue weighted by Gasteiger charge is 2.41. The first-order valence-corrected chi connectivity index (χ1v) is 16.7. The van der Waals surface area contributed by atoms with Gasteiger partial charge < -0.3 is 19.6 Å². The molecule has 1 amide bonds. The summed E-state index contributed by atoms with van der Waals surface area (Å²) in [6, 6.07) is 36.3. The molecule has 0 unspecified atom stereocenters. The van der Waals surface area contributed by atoms with Crippen molar-refractivity contribution in [3.8, 4) is 34.0 Å². The van der Waals surface area contributed by atoms with E-state index in [0.717, 1.165) is 90.0 Å². The Morgan fingerprint density at radius 2 is 1.69 bits per heavy atom. The SMILES string of the molecule is O=C(Cc1ccccc1)N1CCC[C@H]1c1nc(-c2cccc(Oc3ccc(-c4cnc([C@@]5(c6ccccc6)CCC[N]5)[nH]4)cc3)c2)c[nH]1. The molecule has 6 aromatic rings. The molecule has 4 aromatic carbocycles. The van der Waals surface area contributed by atoms with Crippen molar-refractivity contribution < 1.29 is 9.53 Å². The number of carbonyl (C=O) groups excluding carboxylic acids is 1. The van der Waals surface area contributed by atoms with Crippen LogP contribution in [0.2, 0.25) is 0 Å². The third kappa shape index (κ3) is 5.91. The molecule has 2 aliphatic rings. The fourth-order valence-corrected chi connectivity index (χ4v) is 7.08. The molecule has 0 aliphatic carbocycles. The summed E-state index contributed by atoms with van der Waals surface area (Å²) < 4.78 is 6.27. The number of amides is 1. The van der Waals surface area contributed by atoms with Crippen LogP contribution >= 0.6 is 0 Å². The highest BCUT2D eigenvalue weighted by atomic mass is 16.5. The summed E-state index contributed by atoms with van der Waals surface area (Å²) in [4.78, 5) is 31.8. The molecule has 0 saturated carbocycles. The average molecular weight is 634 g/mol. The van der Waals surface area contributed by atoms with Gasteiger partial charge in [-0.05, 0) is 78.8 Å². The predicted molar refractivity (Wildman–Crippen MR) is 185 cm³/mol. The number of nitrogens with zero attached hydrogens (tertiary/aromatic N) is 4. The third-order valence-electron chi connectivity index (χ3n) is 9.51. The van der Waals surface area contributed by atoms with E-state index in [1.54, 1.807) is 0 Å². The fourth-order valence-electron chi connectivity index (χ4n) is 7.08. The van der Waals surface area contributed by atoms with Crippen molar-refractivity contribution in [2.45, 2.75) is 43.7 Å². The molecule has 2 fully saturated rings. The molecule has 0 bridgehead atoms. The Bertz CT molecular complexity index is 1990. The van der Waals surface area contributed by atoms with Crippen molar-refractivity contribution in [3.05, 3.63) is 144 Å². The Morgan fingerprint density at radius 3 is 2.48 bits per heavy atom. The van der Waals surface area contributed by atoms with Gasteiger partial charge in [-0.2, -0.15) is 0 Å². The average Bonchev–Trinajstić information content (AvgIpc) is 3.96. The van der Waals surface area contributed by atoms with Crippen LogP contribution in [0.4, 0.5) is 0 Å². The maximum absolute atomic E-state index is 13.2. The molecule has 2 atom stereocenters.